The van der Waals surface area contributed by atoms with Crippen LogP contribution in [0.1, 0.15) is 49.4 Å². The van der Waals surface area contributed by atoms with E-state index in [1.165, 1.54) is 0 Å². The van der Waals surface area contributed by atoms with Crippen molar-refractivity contribution in [2.75, 3.05) is 0 Å². The quantitative estimate of drug-likeness (QED) is 0.321. The van der Waals surface area contributed by atoms with Gasteiger partial charge in [-0.3, -0.25) is 14.9 Å². The Morgan fingerprint density at radius 1 is 1.18 bits per heavy atom. The molecule has 8 heteroatoms. The van der Waals surface area contributed by atoms with Crippen LogP contribution in [0.25, 0.3) is 22.2 Å². The number of aryl methyl sites for hydroxylation is 2. The van der Waals surface area contributed by atoms with Gasteiger partial charge in [-0.2, -0.15) is 5.10 Å². The second kappa shape index (κ2) is 9.81. The van der Waals surface area contributed by atoms with Crippen LogP contribution in [-0.2, 0) is 16.1 Å². The van der Waals surface area contributed by atoms with Crippen LogP contribution in [0.4, 0.5) is 0 Å². The fourth-order valence-electron chi connectivity index (χ4n) is 3.78. The number of carbonyl (C=O) groups is 1. The Hall–Kier alpha value is -3.45. The van der Waals surface area contributed by atoms with Gasteiger partial charge >= 0.3 is 5.97 Å². The number of hydrogen-bond acceptors (Lipinski definition) is 6. The van der Waals surface area contributed by atoms with E-state index in [4.69, 9.17) is 26.1 Å². The second-order valence-electron chi connectivity index (χ2n) is 8.56. The third-order valence-electron chi connectivity index (χ3n) is 5.57. The summed E-state index contributed by atoms with van der Waals surface area (Å²) in [4.78, 5) is 21.3. The number of ether oxygens (including phenoxy) is 2. The first kappa shape index (κ1) is 23.7. The number of nitrogens with one attached hydrogen (secondary N) is 1. The number of esters is 1. The van der Waals surface area contributed by atoms with Gasteiger partial charge < -0.3 is 9.47 Å². The van der Waals surface area contributed by atoms with Crippen molar-refractivity contribution in [2.45, 2.75) is 47.3 Å². The summed E-state index contributed by atoms with van der Waals surface area (Å²) in [7, 11) is 0. The van der Waals surface area contributed by atoms with Gasteiger partial charge in [-0.1, -0.05) is 37.6 Å². The highest BCUT2D eigenvalue weighted by Gasteiger charge is 2.21. The number of nitrogens with zero attached hydrogens (tertiary/aromatic N) is 3. The lowest BCUT2D eigenvalue weighted by molar-refractivity contribution is -0.152. The maximum Gasteiger partial charge on any atom is 0.309 e. The summed E-state index contributed by atoms with van der Waals surface area (Å²) in [5.74, 6) is 0.0862. The first-order chi connectivity index (χ1) is 16.3. The summed E-state index contributed by atoms with van der Waals surface area (Å²) in [5.41, 5.74) is 5.75. The first-order valence-corrected chi connectivity index (χ1v) is 11.5. The average molecular weight is 479 g/mol. The maximum absolute atomic E-state index is 12.1. The molecule has 0 saturated carbocycles. The van der Waals surface area contributed by atoms with E-state index in [0.29, 0.717) is 22.0 Å². The minimum absolute atomic E-state index is 0.150. The molecule has 0 aliphatic carbocycles. The highest BCUT2D eigenvalue weighted by Crippen LogP contribution is 2.34. The van der Waals surface area contributed by atoms with Gasteiger partial charge in [-0.25, -0.2) is 4.98 Å². The predicted molar refractivity (Wildman–Crippen MR) is 132 cm³/mol. The highest BCUT2D eigenvalue weighted by molar-refractivity contribution is 6.31. The highest BCUT2D eigenvalue weighted by atomic mass is 35.5. The molecule has 0 amide bonds. The number of para-hydroxylation sites is 1. The summed E-state index contributed by atoms with van der Waals surface area (Å²) in [6, 6.07) is 9.54. The van der Waals surface area contributed by atoms with Crippen molar-refractivity contribution in [3.8, 4) is 17.0 Å². The van der Waals surface area contributed by atoms with Crippen LogP contribution < -0.4 is 4.74 Å². The molecule has 1 atom stereocenters. The number of fused-ring (bicyclic) bond motifs is 1. The van der Waals surface area contributed by atoms with Crippen LogP contribution in [-0.4, -0.2) is 26.1 Å². The van der Waals surface area contributed by atoms with Gasteiger partial charge in [0.1, 0.15) is 24.0 Å². The summed E-state index contributed by atoms with van der Waals surface area (Å²) >= 11 is 6.50. The topological polar surface area (TPSA) is 90.0 Å². The van der Waals surface area contributed by atoms with Crippen LogP contribution in [0.2, 0.25) is 5.02 Å². The molecule has 7 nitrogen and oxygen atoms in total. The zero-order valence-electron chi connectivity index (χ0n) is 19.8. The van der Waals surface area contributed by atoms with E-state index in [9.17, 15) is 4.79 Å². The predicted octanol–water partition coefficient (Wildman–Crippen LogP) is 6.13. The number of rotatable bonds is 7. The molecule has 4 rings (SSSR count). The molecule has 0 aliphatic rings. The van der Waals surface area contributed by atoms with Crippen LogP contribution in [0.3, 0.4) is 0 Å². The van der Waals surface area contributed by atoms with Crippen molar-refractivity contribution in [3.05, 3.63) is 70.3 Å². The van der Waals surface area contributed by atoms with Crippen LogP contribution in [0.5, 0.6) is 5.75 Å². The molecule has 0 aliphatic heterocycles. The van der Waals surface area contributed by atoms with Gasteiger partial charge in [-0.05, 0) is 44.5 Å². The Morgan fingerprint density at radius 3 is 2.68 bits per heavy atom. The smallest absolute Gasteiger partial charge is 0.309 e. The zero-order chi connectivity index (χ0) is 24.4. The Bertz CT molecular complexity index is 1350. The molecule has 0 spiro atoms. The molecule has 0 fully saturated rings. The Balaban J connectivity index is 1.68. The van der Waals surface area contributed by atoms with E-state index in [-0.39, 0.29) is 18.5 Å². The molecule has 0 radical (unpaired) electrons. The number of H-pyrrole nitrogens is 1. The van der Waals surface area contributed by atoms with Gasteiger partial charge in [-0.15, -0.1) is 0 Å². The van der Waals surface area contributed by atoms with E-state index < -0.39 is 6.10 Å². The monoisotopic (exact) mass is 478 g/mol. The molecule has 176 valence electrons. The summed E-state index contributed by atoms with van der Waals surface area (Å²) in [5, 5.41) is 8.78. The summed E-state index contributed by atoms with van der Waals surface area (Å²) in [6.45, 7) is 9.47. The molecule has 4 aromatic rings. The number of hydrogen-bond donors (Lipinski definition) is 1. The Labute approximate surface area is 203 Å². The van der Waals surface area contributed by atoms with E-state index in [0.717, 1.165) is 33.4 Å². The lowest BCUT2D eigenvalue weighted by atomic mass is 10.0. The molecule has 1 aromatic carbocycles. The van der Waals surface area contributed by atoms with Gasteiger partial charge in [0.25, 0.3) is 0 Å². The average Bonchev–Trinajstić information content (AvgIpc) is 3.23. The minimum Gasteiger partial charge on any atom is -0.486 e. The first-order valence-electron chi connectivity index (χ1n) is 11.1. The van der Waals surface area contributed by atoms with Crippen molar-refractivity contribution >= 4 is 28.5 Å². The molecule has 0 bridgehead atoms. The lowest BCUT2D eigenvalue weighted by Gasteiger charge is -2.19. The van der Waals surface area contributed by atoms with E-state index >= 15 is 0 Å². The van der Waals surface area contributed by atoms with Crippen LogP contribution >= 0.6 is 11.6 Å². The van der Waals surface area contributed by atoms with Crippen molar-refractivity contribution in [2.24, 2.45) is 5.92 Å². The van der Waals surface area contributed by atoms with Crippen LogP contribution in [0.15, 0.2) is 42.7 Å². The molecule has 3 heterocycles. The van der Waals surface area contributed by atoms with E-state index in [1.54, 1.807) is 33.0 Å². The van der Waals surface area contributed by atoms with Gasteiger partial charge in [0.05, 0.1) is 22.3 Å². The zero-order valence-corrected chi connectivity index (χ0v) is 20.6. The fourth-order valence-corrected chi connectivity index (χ4v) is 3.99. The van der Waals surface area contributed by atoms with E-state index in [1.807, 2.05) is 44.3 Å². The Morgan fingerprint density at radius 2 is 1.97 bits per heavy atom. The standard InChI is InChI=1S/C26H27ClN4O3/c1-14(2)26(32)34-17(5)24-20(21(27)9-10-28-24)13-33-22-8-6-7-18-19(11-16(4)30-25(18)22)23-15(3)12-29-31-23/h6-12,14,17H,13H2,1-5H3,(H,29,31). The Kier molecular flexibility index (Phi) is 6.84. The second-order valence-corrected chi connectivity index (χ2v) is 8.97. The van der Waals surface area contributed by atoms with Crippen molar-refractivity contribution < 1.29 is 14.3 Å². The number of pyridine rings is 2. The van der Waals surface area contributed by atoms with Gasteiger partial charge in [0.15, 0.2) is 0 Å². The summed E-state index contributed by atoms with van der Waals surface area (Å²) < 4.78 is 11.8. The number of halogens is 1. The summed E-state index contributed by atoms with van der Waals surface area (Å²) in [6.07, 6.45) is 2.91. The SMILES string of the molecule is Cc1cc(-c2n[nH]cc2C)c2cccc(OCc3c(Cl)ccnc3C(C)OC(=O)C(C)C)c2n1. The molecule has 1 N–H and O–H groups in total. The van der Waals surface area contributed by atoms with Crippen molar-refractivity contribution in [1.82, 2.24) is 20.2 Å². The van der Waals surface area contributed by atoms with E-state index in [2.05, 4.69) is 15.2 Å². The molecular weight excluding hydrogens is 452 g/mol. The minimum atomic E-state index is -0.561. The third kappa shape index (κ3) is 4.75. The lowest BCUT2D eigenvalue weighted by Crippen LogP contribution is -2.17. The number of aromatic nitrogens is 4. The molecule has 0 saturated heterocycles. The van der Waals surface area contributed by atoms with Crippen molar-refractivity contribution in [1.29, 1.82) is 0 Å². The maximum atomic E-state index is 12.1. The number of aromatic amines is 1. The van der Waals surface area contributed by atoms with Gasteiger partial charge in [0, 0.05) is 34.6 Å². The van der Waals surface area contributed by atoms with Crippen molar-refractivity contribution in [3.63, 3.8) is 0 Å². The third-order valence-corrected chi connectivity index (χ3v) is 5.92. The normalized spacial score (nSPS) is 12.2. The number of benzene rings is 1. The number of carbonyl (C=O) groups excluding carboxylic acids is 1. The van der Waals surface area contributed by atoms with Crippen LogP contribution in [0, 0.1) is 19.8 Å². The fraction of sp³-hybridized carbons (Fsp3) is 0.308. The molecule has 1 unspecified atom stereocenters. The molecular formula is C26H27ClN4O3. The van der Waals surface area contributed by atoms with Gasteiger partial charge in [0.2, 0.25) is 0 Å². The largest absolute Gasteiger partial charge is 0.486 e. The molecule has 34 heavy (non-hydrogen) atoms. The molecule has 3 aromatic heterocycles.